The van der Waals surface area contributed by atoms with Crippen molar-refractivity contribution in [2.75, 3.05) is 39.0 Å². The molecule has 6 nitrogen and oxygen atoms in total. The lowest BCUT2D eigenvalue weighted by Crippen LogP contribution is -2.53. The molecule has 2 atom stereocenters. The molecule has 1 aliphatic carbocycles. The highest BCUT2D eigenvalue weighted by Gasteiger charge is 2.52. The summed E-state index contributed by atoms with van der Waals surface area (Å²) < 4.78 is 25.2. The maximum absolute atomic E-state index is 12.7. The summed E-state index contributed by atoms with van der Waals surface area (Å²) in [6, 6.07) is 0. The summed E-state index contributed by atoms with van der Waals surface area (Å²) in [6.45, 7) is 1.93. The first-order chi connectivity index (χ1) is 11.3. The third kappa shape index (κ3) is 3.63. The van der Waals surface area contributed by atoms with Crippen molar-refractivity contribution in [3.05, 3.63) is 0 Å². The van der Waals surface area contributed by atoms with Gasteiger partial charge in [0.05, 0.1) is 12.9 Å². The number of rotatable bonds is 4. The van der Waals surface area contributed by atoms with Crippen LogP contribution in [0.25, 0.3) is 0 Å². The van der Waals surface area contributed by atoms with Crippen LogP contribution in [0.15, 0.2) is 0 Å². The standard InChI is InChI=1S/C17H30N2O4S/c1-24(22,23)19-10-15-7-8-18(11-17(15,12-19)13-20)16(21)9-14-5-3-2-4-6-14/h14-15,20H,2-13H2,1H3. The van der Waals surface area contributed by atoms with Crippen molar-refractivity contribution >= 4 is 15.9 Å². The van der Waals surface area contributed by atoms with Crippen LogP contribution in [-0.4, -0.2) is 67.7 Å². The largest absolute Gasteiger partial charge is 0.396 e. The molecule has 2 unspecified atom stereocenters. The molecule has 1 N–H and O–H groups in total. The number of piperidine rings is 1. The zero-order chi connectivity index (χ0) is 17.4. The average Bonchev–Trinajstić information content (AvgIpc) is 2.95. The van der Waals surface area contributed by atoms with Crippen LogP contribution < -0.4 is 0 Å². The monoisotopic (exact) mass is 358 g/mol. The lowest BCUT2D eigenvalue weighted by atomic mass is 9.73. The molecule has 1 saturated carbocycles. The quantitative estimate of drug-likeness (QED) is 0.815. The van der Waals surface area contributed by atoms with Gasteiger partial charge < -0.3 is 10.0 Å². The molecule has 138 valence electrons. The van der Waals surface area contributed by atoms with E-state index in [1.807, 2.05) is 4.90 Å². The highest BCUT2D eigenvalue weighted by Crippen LogP contribution is 2.43. The second-order valence-electron chi connectivity index (χ2n) is 8.09. The fraction of sp³-hybridized carbons (Fsp3) is 0.941. The van der Waals surface area contributed by atoms with Gasteiger partial charge in [-0.1, -0.05) is 19.3 Å². The summed E-state index contributed by atoms with van der Waals surface area (Å²) >= 11 is 0. The normalized spacial score (nSPS) is 32.8. The van der Waals surface area contributed by atoms with Crippen molar-refractivity contribution < 1.29 is 18.3 Å². The summed E-state index contributed by atoms with van der Waals surface area (Å²) in [5, 5.41) is 10.00. The predicted octanol–water partition coefficient (Wildman–Crippen LogP) is 1.06. The minimum atomic E-state index is -3.25. The maximum atomic E-state index is 12.7. The number of nitrogens with zero attached hydrogens (tertiary/aromatic N) is 2. The first-order valence-electron chi connectivity index (χ1n) is 9.18. The summed E-state index contributed by atoms with van der Waals surface area (Å²) in [7, 11) is -3.25. The first-order valence-corrected chi connectivity index (χ1v) is 11.0. The third-order valence-electron chi connectivity index (χ3n) is 6.36. The van der Waals surface area contributed by atoms with Gasteiger partial charge >= 0.3 is 0 Å². The number of carbonyl (C=O) groups excluding carboxylic acids is 1. The van der Waals surface area contributed by atoms with Gasteiger partial charge in [0.15, 0.2) is 0 Å². The SMILES string of the molecule is CS(=O)(=O)N1CC2CCN(C(=O)CC3CCCCC3)CC2(CO)C1. The minimum Gasteiger partial charge on any atom is -0.396 e. The van der Waals surface area contributed by atoms with Crippen molar-refractivity contribution in [2.45, 2.75) is 44.9 Å². The van der Waals surface area contributed by atoms with Crippen molar-refractivity contribution in [3.63, 3.8) is 0 Å². The predicted molar refractivity (Wildman–Crippen MR) is 91.8 cm³/mol. The zero-order valence-electron chi connectivity index (χ0n) is 14.6. The Bertz CT molecular complexity index is 573. The topological polar surface area (TPSA) is 77.9 Å². The Labute approximate surface area is 145 Å². The van der Waals surface area contributed by atoms with Crippen LogP contribution in [0, 0.1) is 17.3 Å². The molecule has 0 spiro atoms. The Morgan fingerprint density at radius 1 is 1.17 bits per heavy atom. The lowest BCUT2D eigenvalue weighted by Gasteiger charge is -2.43. The second-order valence-corrected chi connectivity index (χ2v) is 10.1. The molecule has 3 fully saturated rings. The highest BCUT2D eigenvalue weighted by molar-refractivity contribution is 7.88. The molecule has 7 heteroatoms. The van der Waals surface area contributed by atoms with Crippen LogP contribution in [0.5, 0.6) is 0 Å². The number of carbonyl (C=O) groups is 1. The Morgan fingerprint density at radius 3 is 2.50 bits per heavy atom. The van der Waals surface area contributed by atoms with E-state index in [0.29, 0.717) is 38.5 Å². The molecule has 2 aliphatic heterocycles. The Kier molecular flexibility index (Phi) is 5.23. The van der Waals surface area contributed by atoms with Crippen LogP contribution in [-0.2, 0) is 14.8 Å². The molecular weight excluding hydrogens is 328 g/mol. The number of sulfonamides is 1. The number of amides is 1. The van der Waals surface area contributed by atoms with Crippen LogP contribution >= 0.6 is 0 Å². The molecule has 0 aromatic rings. The van der Waals surface area contributed by atoms with Gasteiger partial charge in [0.25, 0.3) is 0 Å². The molecule has 0 bridgehead atoms. The van der Waals surface area contributed by atoms with E-state index < -0.39 is 15.4 Å². The van der Waals surface area contributed by atoms with Crippen LogP contribution in [0.1, 0.15) is 44.9 Å². The summed E-state index contributed by atoms with van der Waals surface area (Å²) in [5.41, 5.74) is -0.483. The fourth-order valence-electron chi connectivity index (χ4n) is 4.79. The van der Waals surface area contributed by atoms with Crippen molar-refractivity contribution in [3.8, 4) is 0 Å². The van der Waals surface area contributed by atoms with E-state index in [2.05, 4.69) is 0 Å². The van der Waals surface area contributed by atoms with E-state index in [0.717, 1.165) is 19.3 Å². The molecule has 2 saturated heterocycles. The Hall–Kier alpha value is -0.660. The summed E-state index contributed by atoms with van der Waals surface area (Å²) in [6.07, 6.45) is 8.65. The van der Waals surface area contributed by atoms with Crippen LogP contribution in [0.3, 0.4) is 0 Å². The van der Waals surface area contributed by atoms with E-state index in [1.54, 1.807) is 0 Å². The van der Waals surface area contributed by atoms with Crippen molar-refractivity contribution in [1.29, 1.82) is 0 Å². The maximum Gasteiger partial charge on any atom is 0.222 e. The van der Waals surface area contributed by atoms with Crippen molar-refractivity contribution in [1.82, 2.24) is 9.21 Å². The minimum absolute atomic E-state index is 0.0586. The average molecular weight is 359 g/mol. The Morgan fingerprint density at radius 2 is 1.88 bits per heavy atom. The molecule has 2 heterocycles. The molecule has 1 amide bonds. The van der Waals surface area contributed by atoms with Crippen LogP contribution in [0.4, 0.5) is 0 Å². The van der Waals surface area contributed by atoms with Gasteiger partial charge in [-0.3, -0.25) is 4.79 Å². The number of aliphatic hydroxyl groups excluding tert-OH is 1. The van der Waals surface area contributed by atoms with Gasteiger partial charge in [0, 0.05) is 38.0 Å². The van der Waals surface area contributed by atoms with E-state index in [1.165, 1.54) is 29.8 Å². The number of hydrogen-bond donors (Lipinski definition) is 1. The number of fused-ring (bicyclic) bond motifs is 1. The van der Waals surface area contributed by atoms with Gasteiger partial charge in [0.2, 0.25) is 15.9 Å². The number of hydrogen-bond acceptors (Lipinski definition) is 4. The van der Waals surface area contributed by atoms with E-state index in [9.17, 15) is 18.3 Å². The van der Waals surface area contributed by atoms with Gasteiger partial charge in [-0.15, -0.1) is 0 Å². The second kappa shape index (κ2) is 6.92. The molecule has 0 aromatic carbocycles. The van der Waals surface area contributed by atoms with Gasteiger partial charge in [0.1, 0.15) is 0 Å². The van der Waals surface area contributed by atoms with E-state index >= 15 is 0 Å². The molecule has 3 rings (SSSR count). The molecule has 24 heavy (non-hydrogen) atoms. The number of likely N-dealkylation sites (tertiary alicyclic amines) is 1. The van der Waals surface area contributed by atoms with Gasteiger partial charge in [-0.05, 0) is 31.1 Å². The van der Waals surface area contributed by atoms with Crippen LogP contribution in [0.2, 0.25) is 0 Å². The summed E-state index contributed by atoms with van der Waals surface area (Å²) in [5.74, 6) is 0.840. The molecular formula is C17H30N2O4S. The van der Waals surface area contributed by atoms with Crippen molar-refractivity contribution in [2.24, 2.45) is 17.3 Å². The molecule has 0 radical (unpaired) electrons. The van der Waals surface area contributed by atoms with Gasteiger partial charge in [-0.2, -0.15) is 0 Å². The number of aliphatic hydroxyl groups is 1. The molecule has 3 aliphatic rings. The fourth-order valence-corrected chi connectivity index (χ4v) is 5.74. The molecule has 0 aromatic heterocycles. The Balaban J connectivity index is 1.65. The lowest BCUT2D eigenvalue weighted by molar-refractivity contribution is -0.137. The smallest absolute Gasteiger partial charge is 0.222 e. The highest BCUT2D eigenvalue weighted by atomic mass is 32.2. The summed E-state index contributed by atoms with van der Waals surface area (Å²) in [4.78, 5) is 14.6. The first kappa shape index (κ1) is 18.1. The van der Waals surface area contributed by atoms with Gasteiger partial charge in [-0.25, -0.2) is 12.7 Å². The van der Waals surface area contributed by atoms with E-state index in [4.69, 9.17) is 0 Å². The van der Waals surface area contributed by atoms with E-state index in [-0.39, 0.29) is 18.4 Å². The zero-order valence-corrected chi connectivity index (χ0v) is 15.4. The third-order valence-corrected chi connectivity index (χ3v) is 7.58.